The first kappa shape index (κ1) is 23.0. The number of amides is 1. The first-order chi connectivity index (χ1) is 14.8. The summed E-state index contributed by atoms with van der Waals surface area (Å²) in [5.41, 5.74) is 1.51. The summed E-state index contributed by atoms with van der Waals surface area (Å²) < 4.78 is 33.0. The molecular formula is C23H26N2O4S2. The van der Waals surface area contributed by atoms with Gasteiger partial charge in [0, 0.05) is 23.5 Å². The zero-order chi connectivity index (χ0) is 22.3. The maximum absolute atomic E-state index is 12.4. The van der Waals surface area contributed by atoms with E-state index in [1.54, 1.807) is 0 Å². The number of carbonyl (C=O) groups is 1. The average Bonchev–Trinajstić information content (AvgIpc) is 3.27. The maximum Gasteiger partial charge on any atom is 0.251 e. The third kappa shape index (κ3) is 6.92. The zero-order valence-corrected chi connectivity index (χ0v) is 19.1. The lowest BCUT2D eigenvalue weighted by atomic mass is 10.1. The van der Waals surface area contributed by atoms with Gasteiger partial charge in [-0.1, -0.05) is 18.2 Å². The molecular weight excluding hydrogens is 432 g/mol. The molecule has 0 saturated carbocycles. The lowest BCUT2D eigenvalue weighted by Gasteiger charge is -2.10. The van der Waals surface area contributed by atoms with Crippen molar-refractivity contribution in [2.75, 3.05) is 6.54 Å². The van der Waals surface area contributed by atoms with Crippen molar-refractivity contribution in [3.63, 3.8) is 0 Å². The number of rotatable bonds is 10. The van der Waals surface area contributed by atoms with Gasteiger partial charge in [-0.25, -0.2) is 13.1 Å². The summed E-state index contributed by atoms with van der Waals surface area (Å²) in [6, 6.07) is 17.5. The Morgan fingerprint density at radius 2 is 1.74 bits per heavy atom. The van der Waals surface area contributed by atoms with Crippen molar-refractivity contribution in [3.05, 3.63) is 82.0 Å². The van der Waals surface area contributed by atoms with E-state index < -0.39 is 10.0 Å². The van der Waals surface area contributed by atoms with E-state index in [0.717, 1.165) is 16.2 Å². The fourth-order valence-corrected chi connectivity index (χ4v) is 4.62. The molecule has 1 amide bonds. The van der Waals surface area contributed by atoms with Gasteiger partial charge in [-0.15, -0.1) is 11.3 Å². The smallest absolute Gasteiger partial charge is 0.251 e. The number of nitrogens with one attached hydrogen (secondary N) is 2. The predicted molar refractivity (Wildman–Crippen MR) is 123 cm³/mol. The molecule has 0 aliphatic rings. The third-order valence-corrected chi connectivity index (χ3v) is 6.73. The second kappa shape index (κ2) is 10.6. The number of hydrogen-bond acceptors (Lipinski definition) is 5. The molecule has 31 heavy (non-hydrogen) atoms. The minimum absolute atomic E-state index is 0.128. The Labute approximate surface area is 187 Å². The molecule has 0 aliphatic carbocycles. The Kier molecular flexibility index (Phi) is 7.84. The predicted octanol–water partition coefficient (Wildman–Crippen LogP) is 3.99. The van der Waals surface area contributed by atoms with Crippen LogP contribution in [0.5, 0.6) is 5.75 Å². The highest BCUT2D eigenvalue weighted by Gasteiger charge is 2.15. The molecule has 0 bridgehead atoms. The third-order valence-electron chi connectivity index (χ3n) is 4.44. The van der Waals surface area contributed by atoms with Gasteiger partial charge in [0.05, 0.1) is 11.0 Å². The van der Waals surface area contributed by atoms with Gasteiger partial charge in [0.15, 0.2) is 0 Å². The van der Waals surface area contributed by atoms with E-state index in [4.69, 9.17) is 4.74 Å². The molecule has 0 spiro atoms. The van der Waals surface area contributed by atoms with E-state index in [2.05, 4.69) is 10.0 Å². The number of ether oxygens (including phenoxy) is 1. The highest BCUT2D eigenvalue weighted by Crippen LogP contribution is 2.15. The van der Waals surface area contributed by atoms with Gasteiger partial charge in [0.1, 0.15) is 5.75 Å². The summed E-state index contributed by atoms with van der Waals surface area (Å²) >= 11 is 1.49. The van der Waals surface area contributed by atoms with Crippen molar-refractivity contribution in [2.45, 2.75) is 37.8 Å². The second-order valence-electron chi connectivity index (χ2n) is 7.24. The molecule has 3 rings (SSSR count). The van der Waals surface area contributed by atoms with Crippen molar-refractivity contribution < 1.29 is 17.9 Å². The summed E-state index contributed by atoms with van der Waals surface area (Å²) in [4.78, 5) is 13.4. The van der Waals surface area contributed by atoms with Crippen LogP contribution in [0.25, 0.3) is 0 Å². The number of carbonyl (C=O) groups excluding carboxylic acids is 1. The minimum Gasteiger partial charge on any atom is -0.491 e. The van der Waals surface area contributed by atoms with Crippen LogP contribution >= 0.6 is 11.3 Å². The van der Waals surface area contributed by atoms with Crippen LogP contribution < -0.4 is 14.8 Å². The molecule has 1 heterocycles. The van der Waals surface area contributed by atoms with Gasteiger partial charge < -0.3 is 10.1 Å². The molecule has 8 heteroatoms. The van der Waals surface area contributed by atoms with Gasteiger partial charge >= 0.3 is 0 Å². The van der Waals surface area contributed by atoms with Crippen LogP contribution in [0.1, 0.15) is 34.6 Å². The first-order valence-electron chi connectivity index (χ1n) is 9.99. The van der Waals surface area contributed by atoms with Gasteiger partial charge in [-0.2, -0.15) is 0 Å². The number of hydrogen-bond donors (Lipinski definition) is 2. The summed E-state index contributed by atoms with van der Waals surface area (Å²) in [6.07, 6.45) is 0.815. The highest BCUT2D eigenvalue weighted by molar-refractivity contribution is 7.89. The zero-order valence-electron chi connectivity index (χ0n) is 17.5. The number of sulfonamides is 1. The van der Waals surface area contributed by atoms with Crippen molar-refractivity contribution in [1.29, 1.82) is 0 Å². The van der Waals surface area contributed by atoms with Crippen LogP contribution in [0.4, 0.5) is 0 Å². The van der Waals surface area contributed by atoms with Crippen LogP contribution in [0.2, 0.25) is 0 Å². The van der Waals surface area contributed by atoms with Crippen molar-refractivity contribution >= 4 is 27.3 Å². The lowest BCUT2D eigenvalue weighted by Crippen LogP contribution is -2.26. The lowest BCUT2D eigenvalue weighted by molar-refractivity contribution is 0.0954. The number of benzene rings is 2. The molecule has 1 aromatic heterocycles. The summed E-state index contributed by atoms with van der Waals surface area (Å²) in [7, 11) is -3.63. The van der Waals surface area contributed by atoms with Crippen molar-refractivity contribution in [1.82, 2.24) is 10.0 Å². The van der Waals surface area contributed by atoms with Gasteiger partial charge in [0.25, 0.3) is 5.91 Å². The molecule has 2 N–H and O–H groups in total. The van der Waals surface area contributed by atoms with E-state index in [1.165, 1.54) is 35.6 Å². The fraction of sp³-hybridized carbons (Fsp3) is 0.261. The van der Waals surface area contributed by atoms with Crippen LogP contribution in [0, 0.1) is 0 Å². The van der Waals surface area contributed by atoms with E-state index in [9.17, 15) is 13.2 Å². The van der Waals surface area contributed by atoms with Gasteiger partial charge in [-0.3, -0.25) is 4.79 Å². The van der Waals surface area contributed by atoms with Crippen molar-refractivity contribution in [3.8, 4) is 5.75 Å². The standard InChI is InChI=1S/C23H26N2O4S2/c1-17(2)29-20-9-5-18(6-10-20)13-14-24-23(26)19-7-11-22(12-8-19)31(27,28)25-16-21-4-3-15-30-21/h3-12,15,17,25H,13-14,16H2,1-2H3,(H,24,26). The van der Waals surface area contributed by atoms with E-state index in [1.807, 2.05) is 55.6 Å². The molecule has 0 atom stereocenters. The monoisotopic (exact) mass is 458 g/mol. The Morgan fingerprint density at radius 1 is 1.03 bits per heavy atom. The number of thiophene rings is 1. The van der Waals surface area contributed by atoms with Crippen LogP contribution in [-0.2, 0) is 23.0 Å². The van der Waals surface area contributed by atoms with Crippen LogP contribution in [0.15, 0.2) is 70.9 Å². The normalized spacial score (nSPS) is 11.5. The minimum atomic E-state index is -3.63. The Hall–Kier alpha value is -2.68. The fourth-order valence-electron chi connectivity index (χ4n) is 2.88. The maximum atomic E-state index is 12.4. The molecule has 3 aromatic rings. The first-order valence-corrected chi connectivity index (χ1v) is 12.4. The van der Waals surface area contributed by atoms with Crippen LogP contribution in [-0.4, -0.2) is 27.0 Å². The summed E-state index contributed by atoms with van der Waals surface area (Å²) in [5, 5.41) is 4.76. The summed E-state index contributed by atoms with van der Waals surface area (Å²) in [5.74, 6) is 0.581. The molecule has 0 saturated heterocycles. The molecule has 2 aromatic carbocycles. The molecule has 0 unspecified atom stereocenters. The van der Waals surface area contributed by atoms with Gasteiger partial charge in [-0.05, 0) is 73.7 Å². The van der Waals surface area contributed by atoms with Crippen molar-refractivity contribution in [2.24, 2.45) is 0 Å². The second-order valence-corrected chi connectivity index (χ2v) is 10.0. The van der Waals surface area contributed by atoms with E-state index in [0.29, 0.717) is 18.5 Å². The van der Waals surface area contributed by atoms with Gasteiger partial charge in [0.2, 0.25) is 10.0 Å². The molecule has 0 aliphatic heterocycles. The quantitative estimate of drug-likeness (QED) is 0.481. The topological polar surface area (TPSA) is 84.5 Å². The molecule has 164 valence electrons. The largest absolute Gasteiger partial charge is 0.491 e. The van der Waals surface area contributed by atoms with E-state index >= 15 is 0 Å². The highest BCUT2D eigenvalue weighted by atomic mass is 32.2. The Bertz CT molecular complexity index is 1080. The van der Waals surface area contributed by atoms with Crippen LogP contribution in [0.3, 0.4) is 0 Å². The average molecular weight is 459 g/mol. The Morgan fingerprint density at radius 3 is 2.35 bits per heavy atom. The SMILES string of the molecule is CC(C)Oc1ccc(CCNC(=O)c2ccc(S(=O)(=O)NCc3cccs3)cc2)cc1. The molecule has 0 fully saturated rings. The summed E-state index contributed by atoms with van der Waals surface area (Å²) in [6.45, 7) is 4.68. The Balaban J connectivity index is 1.49. The van der Waals surface area contributed by atoms with E-state index in [-0.39, 0.29) is 23.5 Å². The molecule has 0 radical (unpaired) electrons. The molecule has 6 nitrogen and oxygen atoms in total.